The molecule has 0 radical (unpaired) electrons. The largest absolute Gasteiger partial charge is 0.494 e. The summed E-state index contributed by atoms with van der Waals surface area (Å²) in [7, 11) is -3.89. The molecule has 3 N–H and O–H groups in total. The van der Waals surface area contributed by atoms with Crippen LogP contribution in [0.3, 0.4) is 0 Å². The average Bonchev–Trinajstić information content (AvgIpc) is 2.68. The summed E-state index contributed by atoms with van der Waals surface area (Å²) in [5.41, 5.74) is -0.531. The van der Waals surface area contributed by atoms with Gasteiger partial charge in [0.15, 0.2) is 5.69 Å². The summed E-state index contributed by atoms with van der Waals surface area (Å²) in [6.07, 6.45) is 2.80. The van der Waals surface area contributed by atoms with Crippen molar-refractivity contribution in [2.45, 2.75) is 11.8 Å². The van der Waals surface area contributed by atoms with E-state index in [2.05, 4.69) is 29.9 Å². The first-order valence-electron chi connectivity index (χ1n) is 7.99. The lowest BCUT2D eigenvalue weighted by molar-refractivity contribution is 0.449. The highest BCUT2D eigenvalue weighted by molar-refractivity contribution is 7.92. The molecule has 0 aliphatic rings. The number of nitriles is 1. The van der Waals surface area contributed by atoms with Gasteiger partial charge in [-0.1, -0.05) is 0 Å². The minimum atomic E-state index is -3.89. The van der Waals surface area contributed by atoms with Crippen molar-refractivity contribution in [2.24, 2.45) is 10.2 Å². The number of nitrogens with zero attached hydrogens (tertiary/aromatic N) is 5. The Balaban J connectivity index is 1.85. The van der Waals surface area contributed by atoms with E-state index in [1.165, 1.54) is 43.6 Å². The highest BCUT2D eigenvalue weighted by Gasteiger charge is 2.16. The van der Waals surface area contributed by atoms with Crippen LogP contribution in [0, 0.1) is 18.3 Å². The van der Waals surface area contributed by atoms with Crippen LogP contribution >= 0.6 is 0 Å². The summed E-state index contributed by atoms with van der Waals surface area (Å²) in [6.45, 7) is 1.45. The van der Waals surface area contributed by atoms with Gasteiger partial charge in [-0.3, -0.25) is 9.78 Å². The summed E-state index contributed by atoms with van der Waals surface area (Å²) in [5, 5.41) is 26.3. The van der Waals surface area contributed by atoms with E-state index in [0.29, 0.717) is 0 Å². The van der Waals surface area contributed by atoms with Crippen molar-refractivity contribution in [3.8, 4) is 11.9 Å². The number of aromatic amines is 1. The molecule has 11 nitrogen and oxygen atoms in total. The van der Waals surface area contributed by atoms with E-state index in [9.17, 15) is 18.3 Å². The zero-order valence-corrected chi connectivity index (χ0v) is 15.7. The predicted octanol–water partition coefficient (Wildman–Crippen LogP) is 2.27. The Bertz CT molecular complexity index is 1280. The van der Waals surface area contributed by atoms with Gasteiger partial charge in [-0.2, -0.15) is 10.4 Å². The molecule has 146 valence electrons. The molecule has 0 bridgehead atoms. The fourth-order valence-corrected chi connectivity index (χ4v) is 3.24. The number of nitrogens with one attached hydrogen (secondary N) is 2. The molecule has 3 rings (SSSR count). The summed E-state index contributed by atoms with van der Waals surface area (Å²) < 4.78 is 26.9. The SMILES string of the molecule is Cc1c(C#N)c(O)[nH]c(=O)c1N=Nc1ccc(S(=O)(=O)Nc2ncccn2)cc1. The quantitative estimate of drug-likeness (QED) is 0.540. The van der Waals surface area contributed by atoms with Gasteiger partial charge in [0.2, 0.25) is 11.8 Å². The van der Waals surface area contributed by atoms with Gasteiger partial charge in [-0.25, -0.2) is 23.1 Å². The molecule has 3 aromatic rings. The van der Waals surface area contributed by atoms with Crippen LogP contribution in [-0.2, 0) is 10.0 Å². The lowest BCUT2D eigenvalue weighted by Crippen LogP contribution is -2.14. The third-order valence-electron chi connectivity index (χ3n) is 3.73. The van der Waals surface area contributed by atoms with E-state index in [1.807, 2.05) is 0 Å². The number of benzene rings is 1. The topological polar surface area (TPSA) is 174 Å². The second kappa shape index (κ2) is 7.87. The highest BCUT2D eigenvalue weighted by atomic mass is 32.2. The Hall–Kier alpha value is -4.11. The Labute approximate surface area is 164 Å². The van der Waals surface area contributed by atoms with Crippen molar-refractivity contribution < 1.29 is 13.5 Å². The minimum Gasteiger partial charge on any atom is -0.494 e. The van der Waals surface area contributed by atoms with Gasteiger partial charge in [0.1, 0.15) is 11.6 Å². The number of anilines is 1. The van der Waals surface area contributed by atoms with Crippen LogP contribution in [0.5, 0.6) is 5.88 Å². The number of aromatic hydroxyl groups is 1. The van der Waals surface area contributed by atoms with Crippen LogP contribution in [-0.4, -0.2) is 28.5 Å². The number of pyridine rings is 1. The molecule has 0 unspecified atom stereocenters. The molecule has 2 heterocycles. The van der Waals surface area contributed by atoms with Crippen LogP contribution in [0.1, 0.15) is 11.1 Å². The average molecular weight is 411 g/mol. The van der Waals surface area contributed by atoms with Gasteiger partial charge in [-0.15, -0.1) is 5.11 Å². The van der Waals surface area contributed by atoms with Crippen molar-refractivity contribution in [3.63, 3.8) is 0 Å². The summed E-state index contributed by atoms with van der Waals surface area (Å²) in [4.78, 5) is 21.6. The normalized spacial score (nSPS) is 11.3. The van der Waals surface area contributed by atoms with Gasteiger partial charge >= 0.3 is 0 Å². The van der Waals surface area contributed by atoms with E-state index in [-0.39, 0.29) is 33.3 Å². The smallest absolute Gasteiger partial charge is 0.278 e. The second-order valence-corrected chi connectivity index (χ2v) is 7.32. The van der Waals surface area contributed by atoms with E-state index in [4.69, 9.17) is 5.26 Å². The van der Waals surface area contributed by atoms with E-state index in [0.717, 1.165) is 0 Å². The van der Waals surface area contributed by atoms with Crippen LogP contribution in [0.25, 0.3) is 0 Å². The fourth-order valence-electron chi connectivity index (χ4n) is 2.28. The van der Waals surface area contributed by atoms with Crippen molar-refractivity contribution in [3.05, 3.63) is 64.2 Å². The predicted molar refractivity (Wildman–Crippen MR) is 102 cm³/mol. The van der Waals surface area contributed by atoms with E-state index < -0.39 is 21.5 Å². The first-order chi connectivity index (χ1) is 13.8. The van der Waals surface area contributed by atoms with Crippen molar-refractivity contribution >= 4 is 27.3 Å². The maximum Gasteiger partial charge on any atom is 0.278 e. The summed E-state index contributed by atoms with van der Waals surface area (Å²) in [6, 6.07) is 8.70. The minimum absolute atomic E-state index is 0.0469. The molecule has 1 aromatic carbocycles. The van der Waals surface area contributed by atoms with Gasteiger partial charge in [0.05, 0.1) is 10.6 Å². The summed E-state index contributed by atoms with van der Waals surface area (Å²) >= 11 is 0. The first-order valence-corrected chi connectivity index (χ1v) is 9.47. The van der Waals surface area contributed by atoms with Gasteiger partial charge in [0.25, 0.3) is 15.6 Å². The Kier molecular flexibility index (Phi) is 5.33. The molecule has 0 saturated heterocycles. The van der Waals surface area contributed by atoms with Crippen molar-refractivity contribution in [1.29, 1.82) is 5.26 Å². The molecule has 0 saturated carbocycles. The van der Waals surface area contributed by atoms with E-state index in [1.54, 1.807) is 12.1 Å². The number of rotatable bonds is 5. The standard InChI is InChI=1S/C17H13N7O4S/c1-10-13(9-18)15(25)21-16(26)14(10)23-22-11-3-5-12(6-4-11)29(27,28)24-17-19-7-2-8-20-17/h2-8H,1H3,(H,19,20,24)(H2,21,25,26). The van der Waals surface area contributed by atoms with Crippen LogP contribution in [0.4, 0.5) is 17.3 Å². The maximum absolute atomic E-state index is 12.3. The zero-order chi connectivity index (χ0) is 21.0. The number of H-pyrrole nitrogens is 1. The van der Waals surface area contributed by atoms with Crippen molar-refractivity contribution in [2.75, 3.05) is 4.72 Å². The number of sulfonamides is 1. The van der Waals surface area contributed by atoms with Gasteiger partial charge < -0.3 is 5.11 Å². The Morgan fingerprint density at radius 3 is 2.45 bits per heavy atom. The second-order valence-electron chi connectivity index (χ2n) is 5.63. The molecule has 0 aliphatic carbocycles. The van der Waals surface area contributed by atoms with Crippen LogP contribution in [0.2, 0.25) is 0 Å². The molecular weight excluding hydrogens is 398 g/mol. The molecule has 0 amide bonds. The van der Waals surface area contributed by atoms with Crippen LogP contribution < -0.4 is 10.3 Å². The molecular formula is C17H13N7O4S. The summed E-state index contributed by atoms with van der Waals surface area (Å²) in [5.74, 6) is -0.606. The number of azo groups is 1. The molecule has 0 atom stereocenters. The zero-order valence-electron chi connectivity index (χ0n) is 14.9. The molecule has 0 spiro atoms. The van der Waals surface area contributed by atoms with Crippen LogP contribution in [0.15, 0.2) is 62.6 Å². The lowest BCUT2D eigenvalue weighted by Gasteiger charge is -2.06. The molecule has 29 heavy (non-hydrogen) atoms. The van der Waals surface area contributed by atoms with Gasteiger partial charge in [-0.05, 0) is 37.3 Å². The number of aromatic nitrogens is 3. The molecule has 0 fully saturated rings. The fraction of sp³-hybridized carbons (Fsp3) is 0.0588. The molecule has 2 aromatic heterocycles. The monoisotopic (exact) mass is 411 g/mol. The van der Waals surface area contributed by atoms with Gasteiger partial charge in [0, 0.05) is 18.0 Å². The Morgan fingerprint density at radius 2 is 1.83 bits per heavy atom. The molecule has 12 heteroatoms. The lowest BCUT2D eigenvalue weighted by atomic mass is 10.1. The van der Waals surface area contributed by atoms with Crippen molar-refractivity contribution in [1.82, 2.24) is 15.0 Å². The number of hydrogen-bond acceptors (Lipinski definition) is 9. The highest BCUT2D eigenvalue weighted by Crippen LogP contribution is 2.25. The first kappa shape index (κ1) is 19.6. The third kappa shape index (κ3) is 4.25. The number of hydrogen-bond donors (Lipinski definition) is 3. The molecule has 0 aliphatic heterocycles. The third-order valence-corrected chi connectivity index (χ3v) is 5.07. The maximum atomic E-state index is 12.3. The van der Waals surface area contributed by atoms with E-state index >= 15 is 0 Å². The Morgan fingerprint density at radius 1 is 1.17 bits per heavy atom.